The lowest BCUT2D eigenvalue weighted by Crippen LogP contribution is -2.57. The Hall–Kier alpha value is -2.70. The number of rotatable bonds is 12. The van der Waals surface area contributed by atoms with Crippen molar-refractivity contribution in [3.05, 3.63) is 30.5 Å². The average Bonchev–Trinajstić information content (AvgIpc) is 3.21. The maximum atomic E-state index is 12.3. The summed E-state index contributed by atoms with van der Waals surface area (Å²) in [5.74, 6) is -5.75. The van der Waals surface area contributed by atoms with Crippen molar-refractivity contribution in [2.24, 2.45) is 0 Å². The minimum absolute atomic E-state index is 0.141. The van der Waals surface area contributed by atoms with Gasteiger partial charge in [-0.2, -0.15) is 13.2 Å². The molecule has 0 aliphatic carbocycles. The van der Waals surface area contributed by atoms with E-state index in [0.29, 0.717) is 37.4 Å². The van der Waals surface area contributed by atoms with Crippen LogP contribution in [0.4, 0.5) is 18.3 Å². The van der Waals surface area contributed by atoms with Crippen LogP contribution in [0.25, 0.3) is 10.4 Å². The van der Waals surface area contributed by atoms with E-state index in [1.54, 1.807) is 6.20 Å². The van der Waals surface area contributed by atoms with Crippen molar-refractivity contribution in [3.8, 4) is 16.2 Å². The van der Waals surface area contributed by atoms with Gasteiger partial charge in [0.25, 0.3) is 5.91 Å². The molecular weight excluding hydrogens is 463 g/mol. The molecule has 1 heterocycles. The molecule has 2 aromatic rings. The lowest BCUT2D eigenvalue weighted by atomic mass is 10.1. The largest absolute Gasteiger partial charge is 0.494 e. The SMILES string of the molecule is CCOc1ccc(-c2cnc(NC(=O)CCCCCCNC(=O)C(O)(O)C(F)(F)F)s2)cc1. The Balaban J connectivity index is 1.64. The number of alkyl halides is 3. The van der Waals surface area contributed by atoms with Gasteiger partial charge in [0.05, 0.1) is 11.5 Å². The van der Waals surface area contributed by atoms with E-state index in [4.69, 9.17) is 14.9 Å². The van der Waals surface area contributed by atoms with Crippen molar-refractivity contribution in [1.29, 1.82) is 0 Å². The molecule has 0 aliphatic rings. The lowest BCUT2D eigenvalue weighted by Gasteiger charge is -2.22. The summed E-state index contributed by atoms with van der Waals surface area (Å²) in [4.78, 5) is 28.4. The summed E-state index contributed by atoms with van der Waals surface area (Å²) < 4.78 is 42.3. The van der Waals surface area contributed by atoms with Gasteiger partial charge in [-0.25, -0.2) is 4.98 Å². The zero-order valence-electron chi connectivity index (χ0n) is 17.9. The van der Waals surface area contributed by atoms with Crippen LogP contribution in [0.15, 0.2) is 30.5 Å². The number of aromatic nitrogens is 1. The van der Waals surface area contributed by atoms with Gasteiger partial charge in [-0.15, -0.1) is 0 Å². The fourth-order valence-corrected chi connectivity index (χ4v) is 3.59. The molecule has 4 N–H and O–H groups in total. The lowest BCUT2D eigenvalue weighted by molar-refractivity contribution is -0.328. The predicted octanol–water partition coefficient (Wildman–Crippen LogP) is 3.46. The highest BCUT2D eigenvalue weighted by Crippen LogP contribution is 2.30. The summed E-state index contributed by atoms with van der Waals surface area (Å²) in [5, 5.41) is 22.7. The van der Waals surface area contributed by atoms with Gasteiger partial charge in [-0.05, 0) is 49.6 Å². The number of anilines is 1. The van der Waals surface area contributed by atoms with E-state index in [9.17, 15) is 22.8 Å². The van der Waals surface area contributed by atoms with E-state index in [2.05, 4.69) is 10.3 Å². The molecule has 0 fully saturated rings. The van der Waals surface area contributed by atoms with Crippen molar-refractivity contribution >= 4 is 28.3 Å². The Labute approximate surface area is 192 Å². The van der Waals surface area contributed by atoms with E-state index in [1.807, 2.05) is 36.5 Å². The minimum atomic E-state index is -5.48. The third-order valence-electron chi connectivity index (χ3n) is 4.53. The monoisotopic (exact) mass is 489 g/mol. The number of unbranched alkanes of at least 4 members (excludes halogenated alkanes) is 3. The Morgan fingerprint density at radius 1 is 1.09 bits per heavy atom. The summed E-state index contributed by atoms with van der Waals surface area (Å²) in [6.45, 7) is 2.35. The van der Waals surface area contributed by atoms with Gasteiger partial charge in [-0.3, -0.25) is 9.59 Å². The fourth-order valence-electron chi connectivity index (χ4n) is 2.75. The van der Waals surface area contributed by atoms with Crippen LogP contribution in [0, 0.1) is 0 Å². The number of aliphatic hydroxyl groups is 2. The summed E-state index contributed by atoms with van der Waals surface area (Å²) >= 11 is 1.35. The number of hydrogen-bond donors (Lipinski definition) is 4. The van der Waals surface area contributed by atoms with Crippen LogP contribution in [-0.4, -0.2) is 52.1 Å². The molecule has 0 saturated carbocycles. The Morgan fingerprint density at radius 2 is 1.76 bits per heavy atom. The molecule has 0 spiro atoms. The molecule has 33 heavy (non-hydrogen) atoms. The molecule has 12 heteroatoms. The number of ether oxygens (including phenoxy) is 1. The maximum absolute atomic E-state index is 12.3. The number of benzene rings is 1. The number of thiazole rings is 1. The Morgan fingerprint density at radius 3 is 2.39 bits per heavy atom. The van der Waals surface area contributed by atoms with Crippen LogP contribution < -0.4 is 15.4 Å². The van der Waals surface area contributed by atoms with E-state index in [-0.39, 0.29) is 18.9 Å². The highest BCUT2D eigenvalue weighted by atomic mass is 32.1. The van der Waals surface area contributed by atoms with Crippen LogP contribution in [0.2, 0.25) is 0 Å². The van der Waals surface area contributed by atoms with Crippen molar-refractivity contribution in [1.82, 2.24) is 10.3 Å². The highest BCUT2D eigenvalue weighted by Gasteiger charge is 2.58. The first-order valence-electron chi connectivity index (χ1n) is 10.3. The molecule has 1 aromatic heterocycles. The quantitative estimate of drug-likeness (QED) is 0.268. The number of nitrogens with zero attached hydrogens (tertiary/aromatic N) is 1. The number of carbonyl (C=O) groups is 2. The number of amides is 2. The van der Waals surface area contributed by atoms with Gasteiger partial charge >= 0.3 is 12.0 Å². The third-order valence-corrected chi connectivity index (χ3v) is 5.49. The summed E-state index contributed by atoms with van der Waals surface area (Å²) in [6.07, 6.45) is -1.52. The zero-order valence-corrected chi connectivity index (χ0v) is 18.8. The van der Waals surface area contributed by atoms with Gasteiger partial charge < -0.3 is 25.6 Å². The molecule has 0 saturated heterocycles. The molecule has 0 radical (unpaired) electrons. The summed E-state index contributed by atoms with van der Waals surface area (Å²) in [7, 11) is 0. The molecule has 0 aliphatic heterocycles. The molecular formula is C21H26F3N3O5S. The van der Waals surface area contributed by atoms with E-state index >= 15 is 0 Å². The number of carbonyl (C=O) groups excluding carboxylic acids is 2. The van der Waals surface area contributed by atoms with Crippen LogP contribution in [0.3, 0.4) is 0 Å². The van der Waals surface area contributed by atoms with Crippen LogP contribution in [-0.2, 0) is 9.59 Å². The summed E-state index contributed by atoms with van der Waals surface area (Å²) in [5.41, 5.74) is 0.957. The minimum Gasteiger partial charge on any atom is -0.494 e. The first-order chi connectivity index (χ1) is 15.5. The number of nitrogens with one attached hydrogen (secondary N) is 2. The van der Waals surface area contributed by atoms with E-state index < -0.39 is 17.9 Å². The molecule has 2 rings (SSSR count). The maximum Gasteiger partial charge on any atom is 0.453 e. The topological polar surface area (TPSA) is 121 Å². The number of halogens is 3. The normalized spacial score (nSPS) is 11.8. The molecule has 2 amide bonds. The van der Waals surface area contributed by atoms with Crippen molar-refractivity contribution < 1.29 is 37.7 Å². The Bertz CT molecular complexity index is 917. The van der Waals surface area contributed by atoms with Gasteiger partial charge in [0.1, 0.15) is 5.75 Å². The highest BCUT2D eigenvalue weighted by molar-refractivity contribution is 7.19. The van der Waals surface area contributed by atoms with E-state index in [1.165, 1.54) is 11.3 Å². The van der Waals surface area contributed by atoms with Crippen LogP contribution in [0.1, 0.15) is 39.0 Å². The molecule has 8 nitrogen and oxygen atoms in total. The Kier molecular flexibility index (Phi) is 9.62. The molecule has 1 aromatic carbocycles. The average molecular weight is 490 g/mol. The van der Waals surface area contributed by atoms with Crippen LogP contribution >= 0.6 is 11.3 Å². The van der Waals surface area contributed by atoms with Crippen molar-refractivity contribution in [2.75, 3.05) is 18.5 Å². The first kappa shape index (κ1) is 26.6. The second-order valence-electron chi connectivity index (χ2n) is 7.13. The predicted molar refractivity (Wildman–Crippen MR) is 117 cm³/mol. The van der Waals surface area contributed by atoms with Gasteiger partial charge in [-0.1, -0.05) is 24.2 Å². The second kappa shape index (κ2) is 12.0. The number of hydrogen-bond acceptors (Lipinski definition) is 7. The fraction of sp³-hybridized carbons (Fsp3) is 0.476. The molecule has 0 unspecified atom stereocenters. The molecule has 0 bridgehead atoms. The van der Waals surface area contributed by atoms with E-state index in [0.717, 1.165) is 16.2 Å². The zero-order chi connectivity index (χ0) is 24.5. The first-order valence-corrected chi connectivity index (χ1v) is 11.1. The van der Waals surface area contributed by atoms with Crippen LogP contribution in [0.5, 0.6) is 5.75 Å². The summed E-state index contributed by atoms with van der Waals surface area (Å²) in [6, 6.07) is 7.55. The molecule has 182 valence electrons. The van der Waals surface area contributed by atoms with Crippen molar-refractivity contribution in [3.63, 3.8) is 0 Å². The second-order valence-corrected chi connectivity index (χ2v) is 8.16. The van der Waals surface area contributed by atoms with Gasteiger partial charge in [0.2, 0.25) is 5.91 Å². The van der Waals surface area contributed by atoms with Gasteiger partial charge in [0.15, 0.2) is 5.13 Å². The third kappa shape index (κ3) is 7.98. The standard InChI is InChI=1S/C21H26F3N3O5S/c1-2-32-15-10-8-14(9-11-15)16-13-26-19(33-16)27-17(28)7-5-3-4-6-12-25-18(29)20(30,31)21(22,23)24/h8-11,13,30-31H,2-7,12H2,1H3,(H,25,29)(H,26,27,28). The molecule has 0 atom stereocenters. The van der Waals surface area contributed by atoms with Gasteiger partial charge in [0, 0.05) is 19.2 Å². The van der Waals surface area contributed by atoms with Crippen molar-refractivity contribution in [2.45, 2.75) is 51.0 Å². The smallest absolute Gasteiger partial charge is 0.453 e.